The number of nitrogen functional groups attached to an aromatic ring is 1. The van der Waals surface area contributed by atoms with E-state index in [2.05, 4.69) is 5.32 Å². The number of aromatic nitrogens is 2. The zero-order valence-electron chi connectivity index (χ0n) is 11.0. The van der Waals surface area contributed by atoms with Gasteiger partial charge in [0.2, 0.25) is 5.91 Å². The zero-order chi connectivity index (χ0) is 14.7. The van der Waals surface area contributed by atoms with Crippen LogP contribution >= 0.6 is 0 Å². The first-order valence-electron chi connectivity index (χ1n) is 6.04. The molecule has 0 saturated heterocycles. The Kier molecular flexibility index (Phi) is 3.88. The number of hydrogen-bond donors (Lipinski definition) is 2. The van der Waals surface area contributed by atoms with Gasteiger partial charge in [0.15, 0.2) is 0 Å². The molecule has 1 aromatic carbocycles. The molecule has 0 aliphatic rings. The SMILES string of the molecule is Cn1ccn(CCC(=O)Nc2cc(N)ccc2F)c1=O. The molecule has 0 aliphatic heterocycles. The van der Waals surface area contributed by atoms with Crippen LogP contribution in [0.1, 0.15) is 6.42 Å². The standard InChI is InChI=1S/C13H15FN4O2/c1-17-6-7-18(13(17)20)5-4-12(19)16-11-8-9(15)2-3-10(11)14/h2-3,6-8H,4-5,15H2,1H3,(H,16,19). The molecule has 7 heteroatoms. The lowest BCUT2D eigenvalue weighted by Gasteiger charge is -2.07. The van der Waals surface area contributed by atoms with E-state index in [0.29, 0.717) is 5.69 Å². The minimum absolute atomic E-state index is 0.0374. The summed E-state index contributed by atoms with van der Waals surface area (Å²) in [5.74, 6) is -0.935. The highest BCUT2D eigenvalue weighted by Crippen LogP contribution is 2.17. The molecule has 6 nitrogen and oxygen atoms in total. The van der Waals surface area contributed by atoms with Crippen molar-refractivity contribution in [2.45, 2.75) is 13.0 Å². The molecule has 0 unspecified atom stereocenters. The van der Waals surface area contributed by atoms with E-state index in [0.717, 1.165) is 0 Å². The number of halogens is 1. The van der Waals surface area contributed by atoms with Crippen LogP contribution in [0.25, 0.3) is 0 Å². The van der Waals surface area contributed by atoms with Crippen molar-refractivity contribution in [1.29, 1.82) is 0 Å². The fraction of sp³-hybridized carbons (Fsp3) is 0.231. The van der Waals surface area contributed by atoms with Crippen molar-refractivity contribution in [3.8, 4) is 0 Å². The smallest absolute Gasteiger partial charge is 0.327 e. The highest BCUT2D eigenvalue weighted by molar-refractivity contribution is 5.91. The van der Waals surface area contributed by atoms with Gasteiger partial charge in [0.05, 0.1) is 5.69 Å². The molecule has 1 aromatic heterocycles. The summed E-state index contributed by atoms with van der Waals surface area (Å²) in [6.45, 7) is 0.232. The number of nitrogens with two attached hydrogens (primary N) is 1. The molecule has 0 spiro atoms. The molecule has 0 aliphatic carbocycles. The molecule has 0 fully saturated rings. The summed E-state index contributed by atoms with van der Waals surface area (Å²) in [6.07, 6.45) is 3.27. The largest absolute Gasteiger partial charge is 0.399 e. The predicted molar refractivity (Wildman–Crippen MR) is 73.7 cm³/mol. The molecule has 20 heavy (non-hydrogen) atoms. The predicted octanol–water partition coefficient (Wildman–Crippen LogP) is 0.937. The van der Waals surface area contributed by atoms with Crippen molar-refractivity contribution in [2.24, 2.45) is 7.05 Å². The van der Waals surface area contributed by atoms with Crippen LogP contribution in [-0.4, -0.2) is 15.0 Å². The second kappa shape index (κ2) is 5.60. The Morgan fingerprint density at radius 3 is 2.80 bits per heavy atom. The van der Waals surface area contributed by atoms with Crippen LogP contribution in [-0.2, 0) is 18.4 Å². The van der Waals surface area contributed by atoms with Crippen LogP contribution in [0.5, 0.6) is 0 Å². The number of nitrogens with zero attached hydrogens (tertiary/aromatic N) is 2. The third kappa shape index (κ3) is 3.05. The zero-order valence-corrected chi connectivity index (χ0v) is 11.0. The summed E-state index contributed by atoms with van der Waals surface area (Å²) in [5.41, 5.74) is 5.72. The third-order valence-corrected chi connectivity index (χ3v) is 2.86. The summed E-state index contributed by atoms with van der Waals surface area (Å²) in [6, 6.07) is 3.95. The lowest BCUT2D eigenvalue weighted by atomic mass is 10.2. The molecular weight excluding hydrogens is 263 g/mol. The van der Waals surface area contributed by atoms with Gasteiger partial charge in [-0.3, -0.25) is 9.36 Å². The van der Waals surface area contributed by atoms with E-state index >= 15 is 0 Å². The van der Waals surface area contributed by atoms with Crippen LogP contribution in [0, 0.1) is 5.82 Å². The van der Waals surface area contributed by atoms with Gasteiger partial charge in [-0.15, -0.1) is 0 Å². The van der Waals surface area contributed by atoms with E-state index in [4.69, 9.17) is 5.73 Å². The van der Waals surface area contributed by atoms with Crippen molar-refractivity contribution in [3.63, 3.8) is 0 Å². The molecule has 0 saturated carbocycles. The van der Waals surface area contributed by atoms with E-state index in [9.17, 15) is 14.0 Å². The number of anilines is 2. The van der Waals surface area contributed by atoms with Crippen molar-refractivity contribution in [1.82, 2.24) is 9.13 Å². The maximum atomic E-state index is 13.4. The van der Waals surface area contributed by atoms with Crippen molar-refractivity contribution < 1.29 is 9.18 Å². The number of amides is 1. The van der Waals surface area contributed by atoms with Crippen LogP contribution in [0.2, 0.25) is 0 Å². The van der Waals surface area contributed by atoms with Gasteiger partial charge in [-0.25, -0.2) is 9.18 Å². The number of carbonyl (C=O) groups is 1. The molecule has 2 rings (SSSR count). The minimum atomic E-state index is -0.551. The summed E-state index contributed by atoms with van der Waals surface area (Å²) in [5, 5.41) is 2.43. The number of rotatable bonds is 4. The Balaban J connectivity index is 1.98. The van der Waals surface area contributed by atoms with Crippen LogP contribution in [0.3, 0.4) is 0 Å². The van der Waals surface area contributed by atoms with Gasteiger partial charge >= 0.3 is 5.69 Å². The Labute approximate surface area is 114 Å². The Bertz CT molecular complexity index is 690. The molecule has 0 radical (unpaired) electrons. The van der Waals surface area contributed by atoms with E-state index in [1.807, 2.05) is 0 Å². The molecule has 106 valence electrons. The highest BCUT2D eigenvalue weighted by Gasteiger charge is 2.08. The number of carbonyl (C=O) groups excluding carboxylic acids is 1. The second-order valence-electron chi connectivity index (χ2n) is 4.42. The monoisotopic (exact) mass is 278 g/mol. The number of aryl methyl sites for hydroxylation is 2. The molecule has 2 aromatic rings. The summed E-state index contributed by atoms with van der Waals surface area (Å²) >= 11 is 0. The maximum Gasteiger partial charge on any atom is 0.327 e. The fourth-order valence-electron chi connectivity index (χ4n) is 1.75. The number of imidazole rings is 1. The van der Waals surface area contributed by atoms with E-state index < -0.39 is 5.82 Å². The van der Waals surface area contributed by atoms with Gasteiger partial charge in [-0.1, -0.05) is 0 Å². The first-order chi connectivity index (χ1) is 9.47. The van der Waals surface area contributed by atoms with Gasteiger partial charge in [0, 0.05) is 38.1 Å². The summed E-state index contributed by atoms with van der Waals surface area (Å²) < 4.78 is 16.3. The van der Waals surface area contributed by atoms with Gasteiger partial charge in [-0.2, -0.15) is 0 Å². The van der Waals surface area contributed by atoms with Gasteiger partial charge in [0.25, 0.3) is 0 Å². The van der Waals surface area contributed by atoms with Gasteiger partial charge < -0.3 is 15.6 Å². The lowest BCUT2D eigenvalue weighted by molar-refractivity contribution is -0.116. The molecule has 0 bridgehead atoms. The van der Waals surface area contributed by atoms with Gasteiger partial charge in [0.1, 0.15) is 5.82 Å². The highest BCUT2D eigenvalue weighted by atomic mass is 19.1. The Morgan fingerprint density at radius 1 is 1.40 bits per heavy atom. The van der Waals surface area contributed by atoms with Crippen LogP contribution < -0.4 is 16.7 Å². The average Bonchev–Trinajstić information content (AvgIpc) is 2.72. The van der Waals surface area contributed by atoms with Crippen molar-refractivity contribution in [3.05, 3.63) is 46.9 Å². The number of benzene rings is 1. The molecule has 3 N–H and O–H groups in total. The number of hydrogen-bond acceptors (Lipinski definition) is 3. The Hall–Kier alpha value is -2.57. The molecular formula is C13H15FN4O2. The fourth-order valence-corrected chi connectivity index (χ4v) is 1.75. The van der Waals surface area contributed by atoms with E-state index in [1.54, 1.807) is 19.4 Å². The first-order valence-corrected chi connectivity index (χ1v) is 6.04. The quantitative estimate of drug-likeness (QED) is 0.816. The third-order valence-electron chi connectivity index (χ3n) is 2.86. The van der Waals surface area contributed by atoms with E-state index in [1.165, 1.54) is 27.3 Å². The second-order valence-corrected chi connectivity index (χ2v) is 4.42. The summed E-state index contributed by atoms with van der Waals surface area (Å²) in [7, 11) is 1.63. The minimum Gasteiger partial charge on any atom is -0.399 e. The molecule has 0 atom stereocenters. The van der Waals surface area contributed by atoms with Gasteiger partial charge in [-0.05, 0) is 18.2 Å². The average molecular weight is 278 g/mol. The molecule has 1 heterocycles. The van der Waals surface area contributed by atoms with Crippen LogP contribution in [0.15, 0.2) is 35.4 Å². The summed E-state index contributed by atoms with van der Waals surface area (Å²) in [4.78, 5) is 23.3. The normalized spacial score (nSPS) is 10.5. The maximum absolute atomic E-state index is 13.4. The lowest BCUT2D eigenvalue weighted by Crippen LogP contribution is -2.24. The van der Waals surface area contributed by atoms with E-state index in [-0.39, 0.29) is 30.2 Å². The van der Waals surface area contributed by atoms with Crippen LogP contribution in [0.4, 0.5) is 15.8 Å². The topological polar surface area (TPSA) is 82.1 Å². The van der Waals surface area contributed by atoms with Crippen molar-refractivity contribution >= 4 is 17.3 Å². The first kappa shape index (κ1) is 13.9. The van der Waals surface area contributed by atoms with Crippen molar-refractivity contribution in [2.75, 3.05) is 11.1 Å². The molecule has 1 amide bonds. The number of nitrogens with one attached hydrogen (secondary N) is 1. The Morgan fingerprint density at radius 2 is 2.15 bits per heavy atom.